The minimum atomic E-state index is -0.231. The van der Waals surface area contributed by atoms with E-state index in [1.54, 1.807) is 24.7 Å². The molecule has 0 unspecified atom stereocenters. The number of ether oxygens (including phenoxy) is 1. The molecule has 164 valence electrons. The van der Waals surface area contributed by atoms with Crippen LogP contribution in [0.2, 0.25) is 0 Å². The van der Waals surface area contributed by atoms with Gasteiger partial charge < -0.3 is 19.1 Å². The van der Waals surface area contributed by atoms with Gasteiger partial charge in [0.05, 0.1) is 12.9 Å². The molecule has 3 aromatic rings. The Labute approximate surface area is 187 Å². The van der Waals surface area contributed by atoms with Crippen molar-refractivity contribution in [3.8, 4) is 0 Å². The van der Waals surface area contributed by atoms with E-state index in [1.165, 1.54) is 5.69 Å². The molecule has 1 fully saturated rings. The predicted octanol–water partition coefficient (Wildman–Crippen LogP) is 3.75. The van der Waals surface area contributed by atoms with Crippen molar-refractivity contribution in [3.63, 3.8) is 0 Å². The van der Waals surface area contributed by atoms with E-state index in [2.05, 4.69) is 44.0 Å². The van der Waals surface area contributed by atoms with Crippen molar-refractivity contribution < 1.29 is 9.13 Å². The summed E-state index contributed by atoms with van der Waals surface area (Å²) in [6.07, 6.45) is 9.31. The third kappa shape index (κ3) is 4.82. The van der Waals surface area contributed by atoms with Crippen LogP contribution in [0.1, 0.15) is 16.7 Å². The van der Waals surface area contributed by atoms with E-state index in [9.17, 15) is 4.39 Å². The fraction of sp³-hybridized carbons (Fsp3) is 0.280. The van der Waals surface area contributed by atoms with Gasteiger partial charge >= 0.3 is 0 Å². The minimum absolute atomic E-state index is 0.231. The van der Waals surface area contributed by atoms with Gasteiger partial charge in [-0.2, -0.15) is 0 Å². The molecule has 2 aliphatic rings. The fourth-order valence-corrected chi connectivity index (χ4v) is 4.11. The highest BCUT2D eigenvalue weighted by molar-refractivity contribution is 5.75. The first-order valence-electron chi connectivity index (χ1n) is 10.9. The van der Waals surface area contributed by atoms with Crippen molar-refractivity contribution in [2.45, 2.75) is 6.54 Å². The van der Waals surface area contributed by atoms with Gasteiger partial charge in [0.15, 0.2) is 0 Å². The molecule has 0 bridgehead atoms. The largest absolute Gasteiger partial charge is 0.463 e. The summed E-state index contributed by atoms with van der Waals surface area (Å²) in [6.45, 7) is 5.79. The van der Waals surface area contributed by atoms with Gasteiger partial charge in [-0.3, -0.25) is 0 Å². The van der Waals surface area contributed by atoms with Crippen molar-refractivity contribution in [2.24, 2.45) is 4.99 Å². The number of amidine groups is 1. The maximum atomic E-state index is 14.1. The lowest BCUT2D eigenvalue weighted by atomic mass is 10.1. The average Bonchev–Trinajstić information content (AvgIpc) is 3.53. The average molecular weight is 432 g/mol. The summed E-state index contributed by atoms with van der Waals surface area (Å²) < 4.78 is 21.6. The highest BCUT2D eigenvalue weighted by Crippen LogP contribution is 2.20. The molecule has 32 heavy (non-hydrogen) atoms. The standard InChI is InChI=1S/C25H26FN5O/c26-23-16-21(15-22(17-23)18-29-9-7-27-19-29)2-1-20-3-5-24(6-4-20)30-10-12-31(13-11-30)25-28-8-14-32-25/h1-7,9,15-17,19H,8,10-14,18H2/b2-1+. The summed E-state index contributed by atoms with van der Waals surface area (Å²) in [5, 5.41) is 0. The number of hydrogen-bond acceptors (Lipinski definition) is 5. The molecule has 1 aromatic heterocycles. The van der Waals surface area contributed by atoms with Crippen LogP contribution in [-0.2, 0) is 11.3 Å². The number of hydrogen-bond donors (Lipinski definition) is 0. The molecule has 5 rings (SSSR count). The van der Waals surface area contributed by atoms with E-state index >= 15 is 0 Å². The maximum Gasteiger partial charge on any atom is 0.287 e. The van der Waals surface area contributed by atoms with Gasteiger partial charge in [0.25, 0.3) is 6.02 Å². The molecule has 2 aromatic carbocycles. The Morgan fingerprint density at radius 2 is 1.72 bits per heavy atom. The number of imidazole rings is 1. The van der Waals surface area contributed by atoms with Crippen LogP contribution in [0.3, 0.4) is 0 Å². The number of halogens is 1. The monoisotopic (exact) mass is 431 g/mol. The van der Waals surface area contributed by atoms with Crippen LogP contribution in [0.4, 0.5) is 10.1 Å². The normalized spacial score (nSPS) is 16.5. The summed E-state index contributed by atoms with van der Waals surface area (Å²) in [7, 11) is 0. The Morgan fingerprint density at radius 1 is 0.938 bits per heavy atom. The summed E-state index contributed by atoms with van der Waals surface area (Å²) in [6, 6.07) is 14.4. The second-order valence-corrected chi connectivity index (χ2v) is 8.04. The van der Waals surface area contributed by atoms with Crippen LogP contribution in [0, 0.1) is 5.82 Å². The lowest BCUT2D eigenvalue weighted by Gasteiger charge is -2.36. The SMILES string of the molecule is Fc1cc(/C=C/c2ccc(N3CCN(C4=NCCO4)CC3)cc2)cc(Cn2ccnc2)c1. The van der Waals surface area contributed by atoms with Gasteiger partial charge in [0, 0.05) is 50.8 Å². The highest BCUT2D eigenvalue weighted by Gasteiger charge is 2.22. The molecule has 0 saturated carbocycles. The van der Waals surface area contributed by atoms with E-state index in [1.807, 2.05) is 29.0 Å². The number of anilines is 1. The summed E-state index contributed by atoms with van der Waals surface area (Å²) >= 11 is 0. The molecule has 0 aliphatic carbocycles. The highest BCUT2D eigenvalue weighted by atomic mass is 19.1. The Morgan fingerprint density at radius 3 is 2.44 bits per heavy atom. The molecular formula is C25H26FN5O. The van der Waals surface area contributed by atoms with Gasteiger partial charge in [-0.25, -0.2) is 14.4 Å². The molecular weight excluding hydrogens is 405 g/mol. The zero-order valence-corrected chi connectivity index (χ0v) is 17.9. The van der Waals surface area contributed by atoms with Crippen molar-refractivity contribution in [1.82, 2.24) is 14.5 Å². The second-order valence-electron chi connectivity index (χ2n) is 8.04. The van der Waals surface area contributed by atoms with Crippen LogP contribution < -0.4 is 4.90 Å². The van der Waals surface area contributed by atoms with E-state index in [0.29, 0.717) is 13.2 Å². The number of rotatable bonds is 5. The van der Waals surface area contributed by atoms with Gasteiger partial charge in [-0.15, -0.1) is 0 Å². The van der Waals surface area contributed by atoms with Crippen molar-refractivity contribution in [3.05, 3.63) is 83.7 Å². The number of aliphatic imine (C=N–C) groups is 1. The quantitative estimate of drug-likeness (QED) is 0.578. The summed E-state index contributed by atoms with van der Waals surface area (Å²) in [5.41, 5.74) is 4.05. The first kappa shape index (κ1) is 20.3. The van der Waals surface area contributed by atoms with E-state index in [4.69, 9.17) is 4.74 Å². The minimum Gasteiger partial charge on any atom is -0.463 e. The molecule has 0 amide bonds. The Hall–Kier alpha value is -3.61. The number of nitrogens with zero attached hydrogens (tertiary/aromatic N) is 5. The summed E-state index contributed by atoms with van der Waals surface area (Å²) in [4.78, 5) is 13.1. The number of piperazine rings is 1. The number of aromatic nitrogens is 2. The number of benzene rings is 2. The van der Waals surface area contributed by atoms with E-state index < -0.39 is 0 Å². The Bertz CT molecular complexity index is 1100. The van der Waals surface area contributed by atoms with E-state index in [0.717, 1.165) is 55.4 Å². The Balaban J connectivity index is 1.21. The van der Waals surface area contributed by atoms with Crippen LogP contribution >= 0.6 is 0 Å². The van der Waals surface area contributed by atoms with Crippen LogP contribution in [0.25, 0.3) is 12.2 Å². The molecule has 6 nitrogen and oxygen atoms in total. The zero-order valence-electron chi connectivity index (χ0n) is 17.9. The summed E-state index contributed by atoms with van der Waals surface area (Å²) in [5.74, 6) is -0.231. The molecule has 2 aliphatic heterocycles. The Kier molecular flexibility index (Phi) is 5.87. The van der Waals surface area contributed by atoms with Gasteiger partial charge in [-0.05, 0) is 47.0 Å². The van der Waals surface area contributed by atoms with Crippen LogP contribution in [-0.4, -0.2) is 59.8 Å². The predicted molar refractivity (Wildman–Crippen MR) is 125 cm³/mol. The third-order valence-corrected chi connectivity index (χ3v) is 5.75. The molecule has 3 heterocycles. The van der Waals surface area contributed by atoms with Crippen molar-refractivity contribution in [2.75, 3.05) is 44.2 Å². The molecule has 0 radical (unpaired) electrons. The topological polar surface area (TPSA) is 45.9 Å². The van der Waals surface area contributed by atoms with E-state index in [-0.39, 0.29) is 5.82 Å². The fourth-order valence-electron chi connectivity index (χ4n) is 4.11. The molecule has 1 saturated heterocycles. The van der Waals surface area contributed by atoms with Crippen molar-refractivity contribution in [1.29, 1.82) is 0 Å². The molecule has 0 atom stereocenters. The maximum absolute atomic E-state index is 14.1. The molecule has 0 spiro atoms. The van der Waals surface area contributed by atoms with Gasteiger partial charge in [0.1, 0.15) is 12.4 Å². The van der Waals surface area contributed by atoms with Crippen molar-refractivity contribution >= 4 is 23.9 Å². The molecule has 7 heteroatoms. The van der Waals surface area contributed by atoms with Crippen LogP contribution in [0.5, 0.6) is 0 Å². The van der Waals surface area contributed by atoms with Gasteiger partial charge in [-0.1, -0.05) is 24.3 Å². The van der Waals surface area contributed by atoms with Gasteiger partial charge in [0.2, 0.25) is 0 Å². The second kappa shape index (κ2) is 9.26. The third-order valence-electron chi connectivity index (χ3n) is 5.75. The first-order chi connectivity index (χ1) is 15.7. The van der Waals surface area contributed by atoms with Crippen LogP contribution in [0.15, 0.2) is 66.2 Å². The zero-order chi connectivity index (χ0) is 21.8. The lowest BCUT2D eigenvalue weighted by Crippen LogP contribution is -2.48. The smallest absolute Gasteiger partial charge is 0.287 e. The molecule has 0 N–H and O–H groups in total. The first-order valence-corrected chi connectivity index (χ1v) is 10.9. The lowest BCUT2D eigenvalue weighted by molar-refractivity contribution is 0.255.